The van der Waals surface area contributed by atoms with E-state index in [-0.39, 0.29) is 6.61 Å². The summed E-state index contributed by atoms with van der Waals surface area (Å²) in [6, 6.07) is 0. The largest absolute Gasteiger partial charge is 0.396 e. The van der Waals surface area contributed by atoms with Crippen molar-refractivity contribution < 1.29 is 5.11 Å². The van der Waals surface area contributed by atoms with Gasteiger partial charge in [0.15, 0.2) is 0 Å². The molecule has 0 atom stereocenters. The second-order valence-corrected chi connectivity index (χ2v) is 3.02. The molecule has 1 aromatic heterocycles. The Morgan fingerprint density at radius 2 is 2.00 bits per heavy atom. The molecule has 0 aliphatic heterocycles. The number of hydrogen-bond donors (Lipinski definition) is 2. The number of unbranched alkanes of at least 4 members (excludes halogenated alkanes) is 1. The van der Waals surface area contributed by atoms with Gasteiger partial charge in [0, 0.05) is 13.2 Å². The summed E-state index contributed by atoms with van der Waals surface area (Å²) in [5.74, 6) is 0.572. The molecule has 0 saturated carbocycles. The highest BCUT2D eigenvalue weighted by atomic mass is 35.5. The van der Waals surface area contributed by atoms with Gasteiger partial charge in [-0.25, -0.2) is 9.97 Å². The van der Waals surface area contributed by atoms with Gasteiger partial charge in [-0.2, -0.15) is 0 Å². The third-order valence-corrected chi connectivity index (χ3v) is 1.68. The molecule has 0 amide bonds. The topological polar surface area (TPSA) is 58.0 Å². The molecular formula is C8H12ClN3O. The lowest BCUT2D eigenvalue weighted by atomic mass is 10.3. The molecule has 0 unspecified atom stereocenters. The van der Waals surface area contributed by atoms with E-state index in [0.717, 1.165) is 19.4 Å². The van der Waals surface area contributed by atoms with Gasteiger partial charge < -0.3 is 10.4 Å². The molecule has 5 heteroatoms. The molecule has 72 valence electrons. The molecule has 2 N–H and O–H groups in total. The quantitative estimate of drug-likeness (QED) is 0.706. The van der Waals surface area contributed by atoms with Crippen LogP contribution in [0.25, 0.3) is 0 Å². The lowest BCUT2D eigenvalue weighted by Crippen LogP contribution is -2.05. The van der Waals surface area contributed by atoms with Crippen molar-refractivity contribution >= 4 is 17.5 Å². The van der Waals surface area contributed by atoms with Crippen molar-refractivity contribution in [2.24, 2.45) is 0 Å². The van der Waals surface area contributed by atoms with E-state index < -0.39 is 0 Å². The number of halogens is 1. The Balaban J connectivity index is 2.25. The van der Waals surface area contributed by atoms with E-state index in [4.69, 9.17) is 16.7 Å². The van der Waals surface area contributed by atoms with Gasteiger partial charge in [0.1, 0.15) is 0 Å². The maximum atomic E-state index is 8.52. The predicted molar refractivity (Wildman–Crippen MR) is 51.9 cm³/mol. The van der Waals surface area contributed by atoms with Crippen molar-refractivity contribution in [3.05, 3.63) is 17.4 Å². The highest BCUT2D eigenvalue weighted by Gasteiger charge is 1.94. The van der Waals surface area contributed by atoms with E-state index in [1.54, 1.807) is 12.4 Å². The van der Waals surface area contributed by atoms with Crippen LogP contribution in [-0.4, -0.2) is 28.2 Å². The number of aromatic nitrogens is 2. The number of aliphatic hydroxyl groups is 1. The number of nitrogens with zero attached hydrogens (tertiary/aromatic N) is 2. The lowest BCUT2D eigenvalue weighted by Gasteiger charge is -2.02. The van der Waals surface area contributed by atoms with Crippen molar-refractivity contribution in [1.82, 2.24) is 9.97 Å². The Hall–Kier alpha value is -0.870. The monoisotopic (exact) mass is 201 g/mol. The summed E-state index contributed by atoms with van der Waals surface area (Å²) in [5.41, 5.74) is 0. The van der Waals surface area contributed by atoms with Crippen molar-refractivity contribution in [2.75, 3.05) is 18.5 Å². The van der Waals surface area contributed by atoms with E-state index in [9.17, 15) is 0 Å². The summed E-state index contributed by atoms with van der Waals surface area (Å²) in [7, 11) is 0. The van der Waals surface area contributed by atoms with Crippen LogP contribution in [0.3, 0.4) is 0 Å². The third kappa shape index (κ3) is 4.05. The first-order valence-electron chi connectivity index (χ1n) is 4.15. The Kier molecular flexibility index (Phi) is 4.49. The second kappa shape index (κ2) is 5.72. The zero-order chi connectivity index (χ0) is 9.52. The highest BCUT2D eigenvalue weighted by Crippen LogP contribution is 2.05. The van der Waals surface area contributed by atoms with Crippen LogP contribution >= 0.6 is 11.6 Å². The SMILES string of the molecule is OCCCCNc1ncc(Cl)cn1. The van der Waals surface area contributed by atoms with Crippen LogP contribution in [0, 0.1) is 0 Å². The third-order valence-electron chi connectivity index (χ3n) is 1.49. The molecule has 0 saturated heterocycles. The van der Waals surface area contributed by atoms with Gasteiger partial charge in [0.25, 0.3) is 0 Å². The van der Waals surface area contributed by atoms with E-state index in [1.165, 1.54) is 0 Å². The Morgan fingerprint density at radius 3 is 2.62 bits per heavy atom. The maximum absolute atomic E-state index is 8.52. The average molecular weight is 202 g/mol. The predicted octanol–water partition coefficient (Wildman–Crippen LogP) is 1.31. The van der Waals surface area contributed by atoms with E-state index in [0.29, 0.717) is 11.0 Å². The molecular weight excluding hydrogens is 190 g/mol. The summed E-state index contributed by atoms with van der Waals surface area (Å²) in [4.78, 5) is 7.92. The Morgan fingerprint density at radius 1 is 1.31 bits per heavy atom. The molecule has 1 rings (SSSR count). The average Bonchev–Trinajstić information content (AvgIpc) is 2.15. The van der Waals surface area contributed by atoms with E-state index in [2.05, 4.69) is 15.3 Å². The molecule has 4 nitrogen and oxygen atoms in total. The molecule has 1 aromatic rings. The maximum Gasteiger partial charge on any atom is 0.222 e. The zero-order valence-corrected chi connectivity index (χ0v) is 7.96. The van der Waals surface area contributed by atoms with Gasteiger partial charge in [0.2, 0.25) is 5.95 Å². The molecule has 1 heterocycles. The van der Waals surface area contributed by atoms with Crippen LogP contribution in [0.1, 0.15) is 12.8 Å². The van der Waals surface area contributed by atoms with Gasteiger partial charge in [-0.05, 0) is 12.8 Å². The summed E-state index contributed by atoms with van der Waals surface area (Å²) >= 11 is 5.61. The van der Waals surface area contributed by atoms with E-state index in [1.807, 2.05) is 0 Å². The van der Waals surface area contributed by atoms with Crippen LogP contribution in [0.2, 0.25) is 5.02 Å². The van der Waals surface area contributed by atoms with Crippen LogP contribution in [-0.2, 0) is 0 Å². The minimum absolute atomic E-state index is 0.225. The van der Waals surface area contributed by atoms with Crippen molar-refractivity contribution in [2.45, 2.75) is 12.8 Å². The fourth-order valence-electron chi connectivity index (χ4n) is 0.841. The standard InChI is InChI=1S/C8H12ClN3O/c9-7-5-11-8(12-6-7)10-3-1-2-4-13/h5-6,13H,1-4H2,(H,10,11,12). The first-order chi connectivity index (χ1) is 6.33. The first-order valence-corrected chi connectivity index (χ1v) is 4.53. The molecule has 0 bridgehead atoms. The normalized spacial score (nSPS) is 10.0. The van der Waals surface area contributed by atoms with Crippen molar-refractivity contribution in [3.63, 3.8) is 0 Å². The van der Waals surface area contributed by atoms with Crippen LogP contribution in [0.4, 0.5) is 5.95 Å². The summed E-state index contributed by atoms with van der Waals surface area (Å²) in [6.45, 7) is 0.991. The number of rotatable bonds is 5. The lowest BCUT2D eigenvalue weighted by molar-refractivity contribution is 0.286. The molecule has 0 aliphatic rings. The number of hydrogen-bond acceptors (Lipinski definition) is 4. The minimum Gasteiger partial charge on any atom is -0.396 e. The zero-order valence-electron chi connectivity index (χ0n) is 7.20. The van der Waals surface area contributed by atoms with E-state index >= 15 is 0 Å². The number of nitrogens with one attached hydrogen (secondary N) is 1. The van der Waals surface area contributed by atoms with Crippen LogP contribution in [0.5, 0.6) is 0 Å². The van der Waals surface area contributed by atoms with Gasteiger partial charge >= 0.3 is 0 Å². The van der Waals surface area contributed by atoms with Gasteiger partial charge in [-0.15, -0.1) is 0 Å². The second-order valence-electron chi connectivity index (χ2n) is 2.58. The summed E-state index contributed by atoms with van der Waals surface area (Å²) in [6.07, 6.45) is 4.79. The van der Waals surface area contributed by atoms with Crippen molar-refractivity contribution in [1.29, 1.82) is 0 Å². The van der Waals surface area contributed by atoms with Crippen LogP contribution in [0.15, 0.2) is 12.4 Å². The molecule has 0 radical (unpaired) electrons. The first kappa shape index (κ1) is 10.2. The van der Waals surface area contributed by atoms with Crippen molar-refractivity contribution in [3.8, 4) is 0 Å². The van der Waals surface area contributed by atoms with Crippen LogP contribution < -0.4 is 5.32 Å². The molecule has 0 aliphatic carbocycles. The smallest absolute Gasteiger partial charge is 0.222 e. The number of anilines is 1. The fraction of sp³-hybridized carbons (Fsp3) is 0.500. The Labute approximate surface area is 82.0 Å². The van der Waals surface area contributed by atoms with Gasteiger partial charge in [0.05, 0.1) is 17.4 Å². The molecule has 0 aromatic carbocycles. The number of aliphatic hydroxyl groups excluding tert-OH is 1. The van der Waals surface area contributed by atoms with Gasteiger partial charge in [-0.3, -0.25) is 0 Å². The molecule has 13 heavy (non-hydrogen) atoms. The summed E-state index contributed by atoms with van der Waals surface area (Å²) in [5, 5.41) is 12.1. The molecule has 0 fully saturated rings. The Bertz CT molecular complexity index is 240. The summed E-state index contributed by atoms with van der Waals surface area (Å²) < 4.78 is 0. The minimum atomic E-state index is 0.225. The van der Waals surface area contributed by atoms with Gasteiger partial charge in [-0.1, -0.05) is 11.6 Å². The molecule has 0 spiro atoms. The fourth-order valence-corrected chi connectivity index (χ4v) is 0.938. The highest BCUT2D eigenvalue weighted by molar-refractivity contribution is 6.30.